The Morgan fingerprint density at radius 3 is 2.59 bits per heavy atom. The van der Waals surface area contributed by atoms with E-state index < -0.39 is 11.7 Å². The molecule has 5 rings (SSSR count). The van der Waals surface area contributed by atoms with Crippen molar-refractivity contribution in [1.29, 1.82) is 0 Å². The Morgan fingerprint density at radius 2 is 1.94 bits per heavy atom. The molecule has 2 aromatic heterocycles. The molecule has 0 aliphatic heterocycles. The molecule has 32 heavy (non-hydrogen) atoms. The number of imidazole rings is 1. The number of carbonyl (C=O) groups is 1. The number of aryl methyl sites for hydroxylation is 2. The number of benzene rings is 1. The van der Waals surface area contributed by atoms with Crippen LogP contribution in [0, 0.1) is 24.6 Å². The van der Waals surface area contributed by atoms with Crippen molar-refractivity contribution in [3.63, 3.8) is 0 Å². The Kier molecular flexibility index (Phi) is 4.77. The fraction of sp³-hybridized carbons (Fsp3) is 0.455. The smallest absolute Gasteiger partial charge is 0.330 e. The molecule has 1 amide bonds. The first kappa shape index (κ1) is 20.6. The van der Waals surface area contributed by atoms with Crippen molar-refractivity contribution in [1.82, 2.24) is 19.1 Å². The number of aliphatic hydroxyl groups excluding tert-OH is 1. The van der Waals surface area contributed by atoms with Crippen LogP contribution >= 0.6 is 0 Å². The maximum Gasteiger partial charge on any atom is 0.330 e. The molecule has 10 heteroatoms. The first-order chi connectivity index (χ1) is 15.2. The van der Waals surface area contributed by atoms with E-state index in [2.05, 4.69) is 15.3 Å². The fourth-order valence-electron chi connectivity index (χ4n) is 5.41. The van der Waals surface area contributed by atoms with Gasteiger partial charge in [-0.2, -0.15) is 4.98 Å². The number of nitrogens with two attached hydrogens (primary N) is 1. The average Bonchev–Trinajstić information content (AvgIpc) is 3.34. The van der Waals surface area contributed by atoms with Crippen molar-refractivity contribution in [2.75, 3.05) is 5.32 Å². The number of fused-ring (bicyclic) bond motifs is 2. The monoisotopic (exact) mass is 440 g/mol. The highest BCUT2D eigenvalue weighted by atomic mass is 19.1. The van der Waals surface area contributed by atoms with E-state index in [4.69, 9.17) is 5.73 Å². The van der Waals surface area contributed by atoms with Gasteiger partial charge in [-0.3, -0.25) is 13.9 Å². The lowest BCUT2D eigenvalue weighted by molar-refractivity contribution is 0.0996. The van der Waals surface area contributed by atoms with E-state index in [9.17, 15) is 19.1 Å². The summed E-state index contributed by atoms with van der Waals surface area (Å²) < 4.78 is 17.5. The molecule has 0 saturated heterocycles. The van der Waals surface area contributed by atoms with Gasteiger partial charge in [0.15, 0.2) is 5.65 Å². The molecular weight excluding hydrogens is 415 g/mol. The Hall–Kier alpha value is -3.27. The standard InChI is InChI=1S/C22H25FN6O3/c1-10-3-15(19(24)31)16(23)8-17(10)26-21-25-9-18-20(27-21)29(22(32)28(18)2)13-4-11-6-14(30)7-12(11)5-13/h3,8-9,11-14,30H,4-7H2,1-2H3,(H2,24,31)(H,25,26,27)/t11-,12+,13?,14?. The normalized spacial score (nSPS) is 24.8. The molecule has 4 atom stereocenters. The van der Waals surface area contributed by atoms with Crippen molar-refractivity contribution < 1.29 is 14.3 Å². The highest BCUT2D eigenvalue weighted by Gasteiger charge is 2.42. The van der Waals surface area contributed by atoms with Gasteiger partial charge in [-0.15, -0.1) is 0 Å². The minimum Gasteiger partial charge on any atom is -0.393 e. The van der Waals surface area contributed by atoms with Crippen LogP contribution in [-0.4, -0.2) is 36.2 Å². The molecular formula is C22H25FN6O3. The fourth-order valence-corrected chi connectivity index (χ4v) is 5.41. The Bertz CT molecular complexity index is 1290. The van der Waals surface area contributed by atoms with E-state index in [0.29, 0.717) is 34.3 Å². The quantitative estimate of drug-likeness (QED) is 0.570. The van der Waals surface area contributed by atoms with Gasteiger partial charge in [0, 0.05) is 18.8 Å². The van der Waals surface area contributed by atoms with Crippen LogP contribution < -0.4 is 16.7 Å². The number of aliphatic hydroxyl groups is 1. The maximum atomic E-state index is 14.3. The molecule has 2 unspecified atom stereocenters. The second kappa shape index (κ2) is 7.40. The second-order valence-electron chi connectivity index (χ2n) is 9.02. The zero-order valence-corrected chi connectivity index (χ0v) is 17.9. The molecule has 2 aliphatic rings. The summed E-state index contributed by atoms with van der Waals surface area (Å²) in [5.41, 5.74) is 7.03. The maximum absolute atomic E-state index is 14.3. The summed E-state index contributed by atoms with van der Waals surface area (Å²) in [4.78, 5) is 33.3. The molecule has 4 N–H and O–H groups in total. The van der Waals surface area contributed by atoms with Crippen LogP contribution in [0.1, 0.15) is 47.6 Å². The van der Waals surface area contributed by atoms with Crippen LogP contribution in [0.15, 0.2) is 23.1 Å². The topological polar surface area (TPSA) is 128 Å². The lowest BCUT2D eigenvalue weighted by Crippen LogP contribution is -2.25. The number of hydrogen-bond acceptors (Lipinski definition) is 6. The third-order valence-electron chi connectivity index (χ3n) is 6.99. The zero-order valence-electron chi connectivity index (χ0n) is 17.9. The Balaban J connectivity index is 1.51. The summed E-state index contributed by atoms with van der Waals surface area (Å²) in [5.74, 6) is -0.503. The number of halogens is 1. The number of hydrogen-bond donors (Lipinski definition) is 3. The summed E-state index contributed by atoms with van der Waals surface area (Å²) in [6.07, 6.45) is 4.59. The third kappa shape index (κ3) is 3.26. The van der Waals surface area contributed by atoms with Crippen molar-refractivity contribution in [3.05, 3.63) is 45.8 Å². The summed E-state index contributed by atoms with van der Waals surface area (Å²) in [6.45, 7) is 1.72. The van der Waals surface area contributed by atoms with E-state index >= 15 is 0 Å². The zero-order chi connectivity index (χ0) is 22.7. The third-order valence-corrected chi connectivity index (χ3v) is 6.99. The van der Waals surface area contributed by atoms with Gasteiger partial charge in [0.2, 0.25) is 5.95 Å². The predicted octanol–water partition coefficient (Wildman–Crippen LogP) is 2.14. The number of amides is 1. The Labute approximate surface area is 183 Å². The van der Waals surface area contributed by atoms with Gasteiger partial charge in [-0.25, -0.2) is 14.2 Å². The summed E-state index contributed by atoms with van der Waals surface area (Å²) >= 11 is 0. The number of aromatic nitrogens is 4. The van der Waals surface area contributed by atoms with Gasteiger partial charge in [0.25, 0.3) is 5.91 Å². The summed E-state index contributed by atoms with van der Waals surface area (Å²) in [6, 6.07) is 2.58. The molecule has 0 radical (unpaired) electrons. The predicted molar refractivity (Wildman–Crippen MR) is 116 cm³/mol. The van der Waals surface area contributed by atoms with Crippen molar-refractivity contribution in [3.8, 4) is 0 Å². The van der Waals surface area contributed by atoms with Crippen molar-refractivity contribution in [2.24, 2.45) is 24.6 Å². The van der Waals surface area contributed by atoms with E-state index in [0.717, 1.165) is 25.7 Å². The molecule has 3 aromatic rings. The van der Waals surface area contributed by atoms with E-state index in [1.807, 2.05) is 0 Å². The largest absolute Gasteiger partial charge is 0.393 e. The van der Waals surface area contributed by atoms with Crippen LogP contribution in [0.4, 0.5) is 16.0 Å². The molecule has 168 valence electrons. The molecule has 2 aliphatic carbocycles. The van der Waals surface area contributed by atoms with Gasteiger partial charge in [0.1, 0.15) is 11.3 Å². The SMILES string of the molecule is Cc1cc(C(N)=O)c(F)cc1Nc1ncc2c(n1)n(C1C[C@H]3CC(O)C[C@H]3C1)c(=O)n2C. The van der Waals surface area contributed by atoms with Gasteiger partial charge in [-0.05, 0) is 62.1 Å². The number of carbonyl (C=O) groups excluding carboxylic acids is 1. The van der Waals surface area contributed by atoms with E-state index in [-0.39, 0.29) is 29.3 Å². The number of nitrogens with zero attached hydrogens (tertiary/aromatic N) is 4. The van der Waals surface area contributed by atoms with Crippen LogP contribution in [0.3, 0.4) is 0 Å². The number of rotatable bonds is 4. The number of nitrogens with one attached hydrogen (secondary N) is 1. The van der Waals surface area contributed by atoms with Gasteiger partial charge in [-0.1, -0.05) is 0 Å². The highest BCUT2D eigenvalue weighted by molar-refractivity contribution is 5.94. The first-order valence-electron chi connectivity index (χ1n) is 10.7. The van der Waals surface area contributed by atoms with Crippen LogP contribution in [0.5, 0.6) is 0 Å². The summed E-state index contributed by atoms with van der Waals surface area (Å²) in [5, 5.41) is 12.9. The highest BCUT2D eigenvalue weighted by Crippen LogP contribution is 2.48. The minimum atomic E-state index is -0.836. The molecule has 0 spiro atoms. The van der Waals surface area contributed by atoms with E-state index in [1.54, 1.807) is 24.7 Å². The van der Waals surface area contributed by atoms with Crippen LogP contribution in [-0.2, 0) is 7.05 Å². The van der Waals surface area contributed by atoms with Crippen molar-refractivity contribution >= 4 is 28.7 Å². The van der Waals surface area contributed by atoms with Gasteiger partial charge >= 0.3 is 5.69 Å². The molecule has 0 bridgehead atoms. The van der Waals surface area contributed by atoms with Crippen molar-refractivity contribution in [2.45, 2.75) is 44.8 Å². The molecule has 2 saturated carbocycles. The summed E-state index contributed by atoms with van der Waals surface area (Å²) in [7, 11) is 1.69. The average molecular weight is 440 g/mol. The number of anilines is 2. The van der Waals surface area contributed by atoms with Crippen LogP contribution in [0.25, 0.3) is 11.2 Å². The molecule has 1 aromatic carbocycles. The van der Waals surface area contributed by atoms with Crippen LogP contribution in [0.2, 0.25) is 0 Å². The molecule has 2 fully saturated rings. The lowest BCUT2D eigenvalue weighted by Gasteiger charge is -2.14. The second-order valence-corrected chi connectivity index (χ2v) is 9.02. The Morgan fingerprint density at radius 1 is 1.25 bits per heavy atom. The lowest BCUT2D eigenvalue weighted by atomic mass is 10.0. The number of primary amides is 1. The minimum absolute atomic E-state index is 0.0190. The first-order valence-corrected chi connectivity index (χ1v) is 10.7. The van der Waals surface area contributed by atoms with E-state index in [1.165, 1.54) is 16.7 Å². The van der Waals surface area contributed by atoms with Gasteiger partial charge < -0.3 is 16.2 Å². The molecule has 2 heterocycles. The molecule has 9 nitrogen and oxygen atoms in total. The van der Waals surface area contributed by atoms with Gasteiger partial charge in [0.05, 0.1) is 17.9 Å².